The molecule has 3 rings (SSSR count). The summed E-state index contributed by atoms with van der Waals surface area (Å²) in [6.45, 7) is 2.22. The van der Waals surface area contributed by atoms with Crippen LogP contribution in [0.15, 0.2) is 28.8 Å². The van der Waals surface area contributed by atoms with Crippen LogP contribution >= 0.6 is 0 Å². The number of anilines is 1. The number of carbonyl (C=O) groups is 1. The average molecular weight is 273 g/mol. The first-order valence-corrected chi connectivity index (χ1v) is 6.55. The normalized spacial score (nSPS) is 18.1. The lowest BCUT2D eigenvalue weighted by Gasteiger charge is -2.02. The van der Waals surface area contributed by atoms with Crippen LogP contribution in [0, 0.1) is 0 Å². The van der Waals surface area contributed by atoms with Crippen LogP contribution in [-0.2, 0) is 9.53 Å². The van der Waals surface area contributed by atoms with E-state index in [2.05, 4.69) is 15.5 Å². The minimum absolute atomic E-state index is 0.0742. The zero-order chi connectivity index (χ0) is 13.9. The molecule has 1 N–H and O–H groups in total. The van der Waals surface area contributed by atoms with Gasteiger partial charge in [0.05, 0.1) is 0 Å². The molecule has 6 nitrogen and oxygen atoms in total. The van der Waals surface area contributed by atoms with Gasteiger partial charge in [-0.1, -0.05) is 5.16 Å². The molecular formula is C14H15N3O3. The number of rotatable bonds is 3. The highest BCUT2D eigenvalue weighted by Crippen LogP contribution is 2.28. The molecule has 1 aromatic carbocycles. The van der Waals surface area contributed by atoms with Gasteiger partial charge in [-0.15, -0.1) is 0 Å². The maximum Gasteiger partial charge on any atom is 0.256 e. The van der Waals surface area contributed by atoms with Crippen LogP contribution in [-0.4, -0.2) is 22.7 Å². The first-order valence-electron chi connectivity index (χ1n) is 6.55. The van der Waals surface area contributed by atoms with Crippen LogP contribution in [0.1, 0.15) is 31.8 Å². The summed E-state index contributed by atoms with van der Waals surface area (Å²) in [6, 6.07) is 7.29. The van der Waals surface area contributed by atoms with Gasteiger partial charge in [-0.05, 0) is 37.1 Å². The Morgan fingerprint density at radius 1 is 1.35 bits per heavy atom. The zero-order valence-electron chi connectivity index (χ0n) is 11.1. The van der Waals surface area contributed by atoms with Gasteiger partial charge in [0, 0.05) is 24.8 Å². The number of benzene rings is 1. The van der Waals surface area contributed by atoms with Gasteiger partial charge >= 0.3 is 0 Å². The molecule has 2 heterocycles. The topological polar surface area (TPSA) is 77.2 Å². The molecule has 0 unspecified atom stereocenters. The molecule has 1 saturated heterocycles. The van der Waals surface area contributed by atoms with E-state index in [1.54, 1.807) is 12.1 Å². The molecular weight excluding hydrogens is 258 g/mol. The lowest BCUT2D eigenvalue weighted by Crippen LogP contribution is -2.05. The maximum atomic E-state index is 11.0. The molecule has 1 fully saturated rings. The van der Waals surface area contributed by atoms with Crippen LogP contribution in [0.25, 0.3) is 11.4 Å². The summed E-state index contributed by atoms with van der Waals surface area (Å²) in [5.41, 5.74) is 1.58. The van der Waals surface area contributed by atoms with E-state index in [-0.39, 0.29) is 12.0 Å². The van der Waals surface area contributed by atoms with E-state index < -0.39 is 0 Å². The molecule has 0 saturated carbocycles. The number of hydrogen-bond donors (Lipinski definition) is 1. The van der Waals surface area contributed by atoms with E-state index in [0.29, 0.717) is 11.7 Å². The van der Waals surface area contributed by atoms with Crippen LogP contribution < -0.4 is 5.32 Å². The predicted octanol–water partition coefficient (Wildman–Crippen LogP) is 2.55. The molecule has 0 aliphatic carbocycles. The number of carbonyl (C=O) groups excluding carboxylic acids is 1. The molecule has 1 aromatic heterocycles. The van der Waals surface area contributed by atoms with Gasteiger partial charge in [0.25, 0.3) is 5.89 Å². The van der Waals surface area contributed by atoms with E-state index in [1.165, 1.54) is 6.92 Å². The van der Waals surface area contributed by atoms with Crippen LogP contribution in [0.5, 0.6) is 0 Å². The fourth-order valence-corrected chi connectivity index (χ4v) is 2.16. The molecule has 0 radical (unpaired) electrons. The Labute approximate surface area is 116 Å². The van der Waals surface area contributed by atoms with E-state index in [1.807, 2.05) is 12.1 Å². The Morgan fingerprint density at radius 3 is 2.80 bits per heavy atom. The van der Waals surface area contributed by atoms with Crippen LogP contribution in [0.4, 0.5) is 5.69 Å². The summed E-state index contributed by atoms with van der Waals surface area (Å²) in [7, 11) is 0. The van der Waals surface area contributed by atoms with E-state index in [9.17, 15) is 4.79 Å². The maximum absolute atomic E-state index is 11.0. The Morgan fingerprint density at radius 2 is 2.15 bits per heavy atom. The molecule has 1 aliphatic rings. The predicted molar refractivity (Wildman–Crippen MR) is 72.0 cm³/mol. The van der Waals surface area contributed by atoms with Crippen LogP contribution in [0.3, 0.4) is 0 Å². The first-order chi connectivity index (χ1) is 9.72. The molecule has 2 aromatic rings. The summed E-state index contributed by atoms with van der Waals surface area (Å²) in [6.07, 6.45) is 1.87. The first kappa shape index (κ1) is 12.8. The Balaban J connectivity index is 1.77. The Hall–Kier alpha value is -2.21. The molecule has 104 valence electrons. The van der Waals surface area contributed by atoms with Gasteiger partial charge in [0.1, 0.15) is 6.10 Å². The fraction of sp³-hybridized carbons (Fsp3) is 0.357. The fourth-order valence-electron chi connectivity index (χ4n) is 2.16. The van der Waals surface area contributed by atoms with Crippen molar-refractivity contribution in [3.05, 3.63) is 30.2 Å². The highest BCUT2D eigenvalue weighted by atomic mass is 16.5. The second-order valence-corrected chi connectivity index (χ2v) is 4.72. The van der Waals surface area contributed by atoms with Gasteiger partial charge < -0.3 is 14.6 Å². The standard InChI is InChI=1S/C14H15N3O3/c1-9(18)15-11-6-4-10(5-7-11)13-16-14(20-17-13)12-3-2-8-19-12/h4-7,12H,2-3,8H2,1H3,(H,15,18)/t12-/m0/s1. The second-order valence-electron chi connectivity index (χ2n) is 4.72. The highest BCUT2D eigenvalue weighted by Gasteiger charge is 2.24. The van der Waals surface area contributed by atoms with Gasteiger partial charge in [-0.25, -0.2) is 0 Å². The van der Waals surface area contributed by atoms with E-state index in [4.69, 9.17) is 9.26 Å². The van der Waals surface area contributed by atoms with Gasteiger partial charge in [-0.3, -0.25) is 4.79 Å². The molecule has 6 heteroatoms. The molecule has 1 amide bonds. The van der Waals surface area contributed by atoms with Crippen molar-refractivity contribution < 1.29 is 14.1 Å². The monoisotopic (exact) mass is 273 g/mol. The van der Waals surface area contributed by atoms with Gasteiger partial charge in [-0.2, -0.15) is 4.98 Å². The van der Waals surface area contributed by atoms with Crippen molar-refractivity contribution in [3.63, 3.8) is 0 Å². The molecule has 1 aliphatic heterocycles. The Kier molecular flexibility index (Phi) is 3.47. The molecule has 1 atom stereocenters. The summed E-state index contributed by atoms with van der Waals surface area (Å²) < 4.78 is 10.7. The smallest absolute Gasteiger partial charge is 0.256 e. The van der Waals surface area contributed by atoms with Crippen LogP contribution in [0.2, 0.25) is 0 Å². The lowest BCUT2D eigenvalue weighted by atomic mass is 10.2. The van der Waals surface area contributed by atoms with Crippen molar-refractivity contribution in [3.8, 4) is 11.4 Å². The summed E-state index contributed by atoms with van der Waals surface area (Å²) in [4.78, 5) is 15.3. The quantitative estimate of drug-likeness (QED) is 0.929. The van der Waals surface area contributed by atoms with Gasteiger partial charge in [0.2, 0.25) is 11.7 Å². The third kappa shape index (κ3) is 2.70. The molecule has 20 heavy (non-hydrogen) atoms. The third-order valence-corrected chi connectivity index (χ3v) is 3.11. The number of ether oxygens (including phenoxy) is 1. The van der Waals surface area contributed by atoms with Crippen molar-refractivity contribution in [1.29, 1.82) is 0 Å². The minimum Gasteiger partial charge on any atom is -0.368 e. The number of aromatic nitrogens is 2. The Bertz CT molecular complexity index is 600. The van der Waals surface area contributed by atoms with Crippen molar-refractivity contribution in [2.75, 3.05) is 11.9 Å². The van der Waals surface area contributed by atoms with E-state index in [0.717, 1.165) is 30.7 Å². The molecule has 0 bridgehead atoms. The van der Waals surface area contributed by atoms with Crippen molar-refractivity contribution in [1.82, 2.24) is 10.1 Å². The second kappa shape index (κ2) is 5.42. The minimum atomic E-state index is -0.0991. The van der Waals surface area contributed by atoms with Gasteiger partial charge in [0.15, 0.2) is 0 Å². The number of amides is 1. The SMILES string of the molecule is CC(=O)Nc1ccc(-c2noc([C@@H]3CCCO3)n2)cc1. The molecule has 0 spiro atoms. The highest BCUT2D eigenvalue weighted by molar-refractivity contribution is 5.88. The zero-order valence-corrected chi connectivity index (χ0v) is 11.1. The number of hydrogen-bond acceptors (Lipinski definition) is 5. The lowest BCUT2D eigenvalue weighted by molar-refractivity contribution is -0.114. The van der Waals surface area contributed by atoms with Crippen molar-refractivity contribution in [2.24, 2.45) is 0 Å². The summed E-state index contributed by atoms with van der Waals surface area (Å²) in [5.74, 6) is 0.964. The van der Waals surface area contributed by atoms with Crippen molar-refractivity contribution >= 4 is 11.6 Å². The third-order valence-electron chi connectivity index (χ3n) is 3.11. The summed E-state index contributed by atoms with van der Waals surface area (Å²) in [5, 5.41) is 6.68. The van der Waals surface area contributed by atoms with E-state index >= 15 is 0 Å². The number of nitrogens with zero attached hydrogens (tertiary/aromatic N) is 2. The average Bonchev–Trinajstić information content (AvgIpc) is 3.10. The largest absolute Gasteiger partial charge is 0.368 e. The van der Waals surface area contributed by atoms with Crippen molar-refractivity contribution in [2.45, 2.75) is 25.9 Å². The number of nitrogens with one attached hydrogen (secondary N) is 1. The summed E-state index contributed by atoms with van der Waals surface area (Å²) >= 11 is 0.